The van der Waals surface area contributed by atoms with Gasteiger partial charge in [-0.05, 0) is 4.92 Å². The van der Waals surface area contributed by atoms with Crippen molar-refractivity contribution in [1.29, 1.82) is 0 Å². The fourth-order valence-corrected chi connectivity index (χ4v) is 0.733. The molecular formula is C5H5N3O4. The monoisotopic (exact) mass is 171 g/mol. The van der Waals surface area contributed by atoms with Crippen LogP contribution in [-0.2, 0) is 7.05 Å². The molecule has 0 radical (unpaired) electrons. The molecule has 1 N–H and O–H groups in total. The number of hydrogen-bond donors (Lipinski definition) is 1. The van der Waals surface area contributed by atoms with E-state index in [2.05, 4.69) is 5.10 Å². The summed E-state index contributed by atoms with van der Waals surface area (Å²) in [6.07, 6.45) is 0. The van der Waals surface area contributed by atoms with Gasteiger partial charge in [0, 0.05) is 0 Å². The summed E-state index contributed by atoms with van der Waals surface area (Å²) in [4.78, 5) is 19.8. The van der Waals surface area contributed by atoms with Gasteiger partial charge in [-0.2, -0.15) is 0 Å². The van der Waals surface area contributed by atoms with Gasteiger partial charge in [-0.1, -0.05) is 5.10 Å². The zero-order chi connectivity index (χ0) is 9.30. The number of nitro groups is 1. The Morgan fingerprint density at radius 3 is 2.67 bits per heavy atom. The Morgan fingerprint density at radius 2 is 2.42 bits per heavy atom. The second-order valence-corrected chi connectivity index (χ2v) is 2.07. The molecule has 0 aliphatic heterocycles. The zero-order valence-corrected chi connectivity index (χ0v) is 6.09. The van der Waals surface area contributed by atoms with Gasteiger partial charge in [0.25, 0.3) is 0 Å². The Morgan fingerprint density at radius 1 is 1.83 bits per heavy atom. The first-order valence-corrected chi connectivity index (χ1v) is 2.94. The molecule has 64 valence electrons. The standard InChI is InChI=1S/C5H5N3O4/c1-7-4(8(11)12)2-3(6-7)5(9)10/h2H,1H3,(H,9,10). The third kappa shape index (κ3) is 1.24. The lowest BCUT2D eigenvalue weighted by atomic mass is 10.4. The molecule has 0 atom stereocenters. The second-order valence-electron chi connectivity index (χ2n) is 2.07. The number of carboxylic acid groups (broad SMARTS) is 1. The van der Waals surface area contributed by atoms with Gasteiger partial charge < -0.3 is 15.2 Å². The van der Waals surface area contributed by atoms with Crippen LogP contribution in [0, 0.1) is 10.1 Å². The number of carbonyl (C=O) groups is 1. The van der Waals surface area contributed by atoms with Crippen LogP contribution in [0.5, 0.6) is 0 Å². The molecule has 0 unspecified atom stereocenters. The lowest BCUT2D eigenvalue weighted by molar-refractivity contribution is -0.392. The van der Waals surface area contributed by atoms with Crippen molar-refractivity contribution in [3.05, 3.63) is 21.9 Å². The molecule has 0 saturated carbocycles. The van der Waals surface area contributed by atoms with Crippen molar-refractivity contribution in [2.45, 2.75) is 0 Å². The van der Waals surface area contributed by atoms with Crippen molar-refractivity contribution >= 4 is 11.8 Å². The van der Waals surface area contributed by atoms with E-state index in [-0.39, 0.29) is 11.5 Å². The minimum atomic E-state index is -1.28. The Labute approximate surface area is 66.4 Å². The zero-order valence-electron chi connectivity index (χ0n) is 6.09. The number of nitrogens with zero attached hydrogens (tertiary/aromatic N) is 3. The van der Waals surface area contributed by atoms with Gasteiger partial charge in [0.05, 0.1) is 6.07 Å². The van der Waals surface area contributed by atoms with Crippen LogP contribution in [0.25, 0.3) is 0 Å². The van der Waals surface area contributed by atoms with E-state index >= 15 is 0 Å². The summed E-state index contributed by atoms with van der Waals surface area (Å²) >= 11 is 0. The minimum Gasteiger partial charge on any atom is -0.476 e. The normalized spacial score (nSPS) is 9.75. The first kappa shape index (κ1) is 8.18. The Balaban J connectivity index is 3.17. The molecule has 1 heterocycles. The summed E-state index contributed by atoms with van der Waals surface area (Å²) in [6, 6.07) is 0.905. The largest absolute Gasteiger partial charge is 0.476 e. The number of rotatable bonds is 2. The van der Waals surface area contributed by atoms with E-state index in [1.165, 1.54) is 7.05 Å². The molecule has 0 aliphatic carbocycles. The van der Waals surface area contributed by atoms with Gasteiger partial charge in [-0.15, -0.1) is 4.68 Å². The van der Waals surface area contributed by atoms with Crippen molar-refractivity contribution in [1.82, 2.24) is 9.78 Å². The molecule has 1 aromatic heterocycles. The highest BCUT2D eigenvalue weighted by molar-refractivity contribution is 5.85. The fraction of sp³-hybridized carbons (Fsp3) is 0.200. The van der Waals surface area contributed by atoms with E-state index < -0.39 is 10.9 Å². The molecule has 0 aromatic carbocycles. The van der Waals surface area contributed by atoms with Crippen LogP contribution in [-0.4, -0.2) is 25.8 Å². The summed E-state index contributed by atoms with van der Waals surface area (Å²) < 4.78 is 0.906. The maximum Gasteiger partial charge on any atom is 0.358 e. The molecule has 0 aliphatic rings. The Kier molecular flexibility index (Phi) is 1.78. The van der Waals surface area contributed by atoms with Gasteiger partial charge in [-0.3, -0.25) is 0 Å². The van der Waals surface area contributed by atoms with E-state index in [4.69, 9.17) is 5.11 Å². The predicted octanol–water partition coefficient (Wildman–Crippen LogP) is 0.0265. The van der Waals surface area contributed by atoms with Gasteiger partial charge in [0.1, 0.15) is 7.05 Å². The fourth-order valence-electron chi connectivity index (χ4n) is 0.733. The lowest BCUT2D eigenvalue weighted by Crippen LogP contribution is -2.00. The van der Waals surface area contributed by atoms with E-state index in [0.717, 1.165) is 10.7 Å². The highest BCUT2D eigenvalue weighted by Crippen LogP contribution is 2.10. The maximum atomic E-state index is 10.3. The van der Waals surface area contributed by atoms with Crippen LogP contribution in [0.3, 0.4) is 0 Å². The number of carboxylic acids is 1. The highest BCUT2D eigenvalue weighted by atomic mass is 16.6. The van der Waals surface area contributed by atoms with Crippen LogP contribution in [0.2, 0.25) is 0 Å². The SMILES string of the molecule is Cn1nc(C(=O)O)cc1[N+](=O)[O-]. The third-order valence-electron chi connectivity index (χ3n) is 1.26. The average Bonchev–Trinajstić information content (AvgIpc) is 2.30. The first-order valence-electron chi connectivity index (χ1n) is 2.94. The predicted molar refractivity (Wildman–Crippen MR) is 36.8 cm³/mol. The molecule has 0 saturated heterocycles. The van der Waals surface area contributed by atoms with E-state index in [1.807, 2.05) is 0 Å². The molecule has 7 nitrogen and oxygen atoms in total. The number of aromatic carboxylic acids is 1. The average molecular weight is 171 g/mol. The lowest BCUT2D eigenvalue weighted by Gasteiger charge is -1.89. The Bertz CT molecular complexity index is 342. The van der Waals surface area contributed by atoms with Crippen LogP contribution in [0.15, 0.2) is 6.07 Å². The minimum absolute atomic E-state index is 0.329. The highest BCUT2D eigenvalue weighted by Gasteiger charge is 2.18. The van der Waals surface area contributed by atoms with E-state index in [9.17, 15) is 14.9 Å². The third-order valence-corrected chi connectivity index (χ3v) is 1.26. The first-order chi connectivity index (χ1) is 5.52. The molecule has 0 fully saturated rings. The van der Waals surface area contributed by atoms with Crippen molar-refractivity contribution < 1.29 is 14.8 Å². The van der Waals surface area contributed by atoms with Gasteiger partial charge in [0.2, 0.25) is 0 Å². The summed E-state index contributed by atoms with van der Waals surface area (Å²) in [7, 11) is 1.31. The molecule has 0 bridgehead atoms. The van der Waals surface area contributed by atoms with Crippen molar-refractivity contribution in [2.75, 3.05) is 0 Å². The summed E-state index contributed by atoms with van der Waals surface area (Å²) in [5.74, 6) is -1.62. The number of hydrogen-bond acceptors (Lipinski definition) is 4. The molecule has 0 spiro atoms. The van der Waals surface area contributed by atoms with Crippen molar-refractivity contribution in [3.8, 4) is 0 Å². The van der Waals surface area contributed by atoms with E-state index in [0.29, 0.717) is 0 Å². The smallest absolute Gasteiger partial charge is 0.358 e. The van der Waals surface area contributed by atoms with Crippen molar-refractivity contribution in [3.63, 3.8) is 0 Å². The molecule has 7 heteroatoms. The quantitative estimate of drug-likeness (QED) is 0.499. The van der Waals surface area contributed by atoms with Crippen LogP contribution < -0.4 is 0 Å². The van der Waals surface area contributed by atoms with E-state index in [1.54, 1.807) is 0 Å². The maximum absolute atomic E-state index is 10.3. The number of aryl methyl sites for hydroxylation is 1. The van der Waals surface area contributed by atoms with Gasteiger partial charge in [0.15, 0.2) is 5.69 Å². The Hall–Kier alpha value is -1.92. The molecular weight excluding hydrogens is 166 g/mol. The summed E-state index contributed by atoms with van der Waals surface area (Å²) in [5.41, 5.74) is -0.329. The molecule has 1 aromatic rings. The topological polar surface area (TPSA) is 98.3 Å². The van der Waals surface area contributed by atoms with Crippen LogP contribution in [0.1, 0.15) is 10.5 Å². The van der Waals surface area contributed by atoms with Gasteiger partial charge in [-0.25, -0.2) is 4.79 Å². The molecule has 12 heavy (non-hydrogen) atoms. The second kappa shape index (κ2) is 2.61. The number of aromatic nitrogens is 2. The summed E-state index contributed by atoms with van der Waals surface area (Å²) in [6.45, 7) is 0. The van der Waals surface area contributed by atoms with Crippen LogP contribution in [0.4, 0.5) is 5.82 Å². The molecule has 0 amide bonds. The molecule has 1 rings (SSSR count). The van der Waals surface area contributed by atoms with Gasteiger partial charge >= 0.3 is 11.8 Å². The van der Waals surface area contributed by atoms with Crippen molar-refractivity contribution in [2.24, 2.45) is 7.05 Å². The van der Waals surface area contributed by atoms with Crippen LogP contribution >= 0.6 is 0 Å². The summed E-state index contributed by atoms with van der Waals surface area (Å²) in [5, 5.41) is 22.0.